The van der Waals surface area contributed by atoms with Crippen molar-refractivity contribution in [1.82, 2.24) is 5.32 Å². The molecule has 1 aliphatic heterocycles. The van der Waals surface area contributed by atoms with E-state index >= 15 is 0 Å². The van der Waals surface area contributed by atoms with E-state index in [1.54, 1.807) is 17.4 Å². The number of nitrogens with one attached hydrogen (secondary N) is 1. The Morgan fingerprint density at radius 2 is 1.90 bits per heavy atom. The van der Waals surface area contributed by atoms with Gasteiger partial charge in [-0.3, -0.25) is 14.4 Å². The molecule has 158 valence electrons. The van der Waals surface area contributed by atoms with E-state index in [2.05, 4.69) is 0 Å². The normalized spacial score (nSPS) is 14.0. The molecule has 0 saturated carbocycles. The van der Waals surface area contributed by atoms with Crippen molar-refractivity contribution in [3.63, 3.8) is 0 Å². The van der Waals surface area contributed by atoms with Crippen molar-refractivity contribution in [2.75, 3.05) is 10.8 Å². The Hall–Kier alpha value is -3.11. The van der Waals surface area contributed by atoms with E-state index in [1.807, 2.05) is 12.1 Å². The molecule has 30 heavy (non-hydrogen) atoms. The lowest BCUT2D eigenvalue weighted by Gasteiger charge is -2.20. The smallest absolute Gasteiger partial charge is 0.338 e. The zero-order valence-electron chi connectivity index (χ0n) is 15.8. The number of esters is 1. The SMILES string of the molecule is CC(OC(=O)c1ccc(Cl)c(S(=O)(=O)N2CCc3ccccc32)c1)C(=O)NC(N)=O. The number of para-hydroxylation sites is 1. The van der Waals surface area contributed by atoms with Crippen LogP contribution in [0.2, 0.25) is 5.02 Å². The second-order valence-electron chi connectivity index (χ2n) is 6.50. The highest BCUT2D eigenvalue weighted by atomic mass is 35.5. The number of nitrogens with two attached hydrogens (primary N) is 1. The van der Waals surface area contributed by atoms with Crippen molar-refractivity contribution in [2.24, 2.45) is 5.73 Å². The van der Waals surface area contributed by atoms with E-state index in [4.69, 9.17) is 22.1 Å². The number of imide groups is 1. The number of nitrogens with zero attached hydrogens (tertiary/aromatic N) is 1. The van der Waals surface area contributed by atoms with Crippen LogP contribution in [0.15, 0.2) is 47.4 Å². The molecule has 9 nitrogen and oxygen atoms in total. The monoisotopic (exact) mass is 451 g/mol. The minimum Gasteiger partial charge on any atom is -0.449 e. The molecule has 0 spiro atoms. The number of sulfonamides is 1. The minimum absolute atomic E-state index is 0.0598. The van der Waals surface area contributed by atoms with Crippen LogP contribution in [-0.2, 0) is 26.0 Å². The van der Waals surface area contributed by atoms with Crippen LogP contribution < -0.4 is 15.4 Å². The van der Waals surface area contributed by atoms with E-state index < -0.39 is 34.0 Å². The molecule has 1 unspecified atom stereocenters. The van der Waals surface area contributed by atoms with E-state index in [0.29, 0.717) is 12.1 Å². The molecule has 1 aliphatic rings. The standard InChI is InChI=1S/C19H18ClN3O6S/c1-11(17(24)22-19(21)26)29-18(25)13-6-7-14(20)16(10-13)30(27,28)23-9-8-12-4-2-3-5-15(12)23/h2-7,10-11H,8-9H2,1H3,(H3,21,22,24,26). The number of anilines is 1. The Labute approximate surface area is 177 Å². The van der Waals surface area contributed by atoms with Gasteiger partial charge in [0.05, 0.1) is 16.3 Å². The average Bonchev–Trinajstić information content (AvgIpc) is 3.12. The average molecular weight is 452 g/mol. The van der Waals surface area contributed by atoms with Crippen molar-refractivity contribution >= 4 is 45.2 Å². The van der Waals surface area contributed by atoms with Crippen LogP contribution >= 0.6 is 11.6 Å². The van der Waals surface area contributed by atoms with Gasteiger partial charge in [-0.15, -0.1) is 0 Å². The minimum atomic E-state index is -4.05. The summed E-state index contributed by atoms with van der Waals surface area (Å²) in [6.07, 6.45) is -0.771. The van der Waals surface area contributed by atoms with Gasteiger partial charge in [-0.05, 0) is 43.2 Å². The number of urea groups is 1. The first-order valence-corrected chi connectivity index (χ1v) is 10.6. The predicted molar refractivity (Wildman–Crippen MR) is 109 cm³/mol. The number of fused-ring (bicyclic) bond motifs is 1. The lowest BCUT2D eigenvalue weighted by Crippen LogP contribution is -2.42. The van der Waals surface area contributed by atoms with Crippen LogP contribution in [-0.4, -0.2) is 39.0 Å². The second kappa shape index (κ2) is 8.33. The van der Waals surface area contributed by atoms with Crippen molar-refractivity contribution in [3.8, 4) is 0 Å². The molecule has 3 amide bonds. The van der Waals surface area contributed by atoms with E-state index in [-0.39, 0.29) is 22.0 Å². The highest BCUT2D eigenvalue weighted by molar-refractivity contribution is 7.93. The molecular weight excluding hydrogens is 434 g/mol. The molecule has 11 heteroatoms. The van der Waals surface area contributed by atoms with Gasteiger partial charge >= 0.3 is 12.0 Å². The Morgan fingerprint density at radius 1 is 1.20 bits per heavy atom. The first kappa shape index (κ1) is 21.6. The van der Waals surface area contributed by atoms with Crippen LogP contribution in [0, 0.1) is 0 Å². The van der Waals surface area contributed by atoms with Crippen molar-refractivity contribution in [1.29, 1.82) is 0 Å². The largest absolute Gasteiger partial charge is 0.449 e. The summed E-state index contributed by atoms with van der Waals surface area (Å²) in [5, 5.41) is 1.73. The van der Waals surface area contributed by atoms with Gasteiger partial charge < -0.3 is 10.5 Å². The zero-order valence-corrected chi connectivity index (χ0v) is 17.4. The Morgan fingerprint density at radius 3 is 2.60 bits per heavy atom. The zero-order chi connectivity index (χ0) is 22.1. The third-order valence-corrected chi connectivity index (χ3v) is 6.77. The molecule has 0 saturated heterocycles. The van der Waals surface area contributed by atoms with Gasteiger partial charge in [0.25, 0.3) is 15.9 Å². The number of carbonyl (C=O) groups excluding carboxylic acids is 3. The second-order valence-corrected chi connectivity index (χ2v) is 8.74. The Bertz CT molecular complexity index is 1130. The van der Waals surface area contributed by atoms with E-state index in [0.717, 1.165) is 11.6 Å². The molecular formula is C19H18ClN3O6S. The molecule has 0 fully saturated rings. The summed E-state index contributed by atoms with van der Waals surface area (Å²) in [7, 11) is -4.05. The van der Waals surface area contributed by atoms with Gasteiger partial charge in [-0.25, -0.2) is 18.0 Å². The number of rotatable bonds is 5. The Kier molecular flexibility index (Phi) is 5.99. The van der Waals surface area contributed by atoms with Crippen LogP contribution in [0.25, 0.3) is 0 Å². The third kappa shape index (κ3) is 4.24. The van der Waals surface area contributed by atoms with E-state index in [1.165, 1.54) is 23.4 Å². The van der Waals surface area contributed by atoms with Gasteiger partial charge in [0.2, 0.25) is 0 Å². The summed E-state index contributed by atoms with van der Waals surface area (Å²) in [6.45, 7) is 1.49. The van der Waals surface area contributed by atoms with Gasteiger partial charge in [-0.2, -0.15) is 0 Å². The first-order valence-electron chi connectivity index (χ1n) is 8.82. The number of carbonyl (C=O) groups is 3. The molecule has 2 aromatic carbocycles. The number of ether oxygens (including phenoxy) is 1. The lowest BCUT2D eigenvalue weighted by atomic mass is 10.2. The summed E-state index contributed by atoms with van der Waals surface area (Å²) in [5.74, 6) is -1.87. The van der Waals surface area contributed by atoms with Crippen molar-refractivity contribution < 1.29 is 27.5 Å². The van der Waals surface area contributed by atoms with E-state index in [9.17, 15) is 22.8 Å². The summed E-state index contributed by atoms with van der Waals surface area (Å²) < 4.78 is 32.7. The highest BCUT2D eigenvalue weighted by Crippen LogP contribution is 2.35. The number of primary amides is 1. The van der Waals surface area contributed by atoms with Crippen LogP contribution in [0.4, 0.5) is 10.5 Å². The topological polar surface area (TPSA) is 136 Å². The molecule has 1 atom stereocenters. The van der Waals surface area contributed by atoms with Gasteiger partial charge in [-0.1, -0.05) is 29.8 Å². The molecule has 1 heterocycles. The van der Waals surface area contributed by atoms with Crippen molar-refractivity contribution in [2.45, 2.75) is 24.3 Å². The fourth-order valence-corrected chi connectivity index (χ4v) is 5.02. The number of amides is 3. The van der Waals surface area contributed by atoms with Crippen molar-refractivity contribution in [3.05, 3.63) is 58.6 Å². The molecule has 0 radical (unpaired) electrons. The molecule has 3 N–H and O–H groups in total. The van der Waals surface area contributed by atoms with Gasteiger partial charge in [0.15, 0.2) is 6.10 Å². The molecule has 3 rings (SSSR count). The number of benzene rings is 2. The van der Waals surface area contributed by atoms with Gasteiger partial charge in [0.1, 0.15) is 4.90 Å². The summed E-state index contributed by atoms with van der Waals surface area (Å²) in [5.41, 5.74) is 6.18. The maximum atomic E-state index is 13.2. The maximum Gasteiger partial charge on any atom is 0.338 e. The van der Waals surface area contributed by atoms with Crippen LogP contribution in [0.1, 0.15) is 22.8 Å². The third-order valence-electron chi connectivity index (χ3n) is 4.48. The molecule has 2 aromatic rings. The Balaban J connectivity index is 1.88. The fraction of sp³-hybridized carbons (Fsp3) is 0.211. The summed E-state index contributed by atoms with van der Waals surface area (Å²) in [6, 6.07) is 9.66. The summed E-state index contributed by atoms with van der Waals surface area (Å²) in [4.78, 5) is 34.5. The van der Waals surface area contributed by atoms with Crippen LogP contribution in [0.5, 0.6) is 0 Å². The number of hydrogen-bond acceptors (Lipinski definition) is 6. The first-order chi connectivity index (χ1) is 14.1. The highest BCUT2D eigenvalue weighted by Gasteiger charge is 2.33. The van der Waals surface area contributed by atoms with Gasteiger partial charge in [0, 0.05) is 6.54 Å². The number of hydrogen-bond donors (Lipinski definition) is 2. The summed E-state index contributed by atoms with van der Waals surface area (Å²) >= 11 is 6.13. The fourth-order valence-electron chi connectivity index (χ4n) is 3.01. The predicted octanol–water partition coefficient (Wildman–Crippen LogP) is 1.83. The number of halogens is 1. The molecule has 0 aliphatic carbocycles. The lowest BCUT2D eigenvalue weighted by molar-refractivity contribution is -0.127. The van der Waals surface area contributed by atoms with Crippen LogP contribution in [0.3, 0.4) is 0 Å². The molecule has 0 bridgehead atoms. The maximum absolute atomic E-state index is 13.2. The molecule has 0 aromatic heterocycles. The quantitative estimate of drug-likeness (QED) is 0.665.